The van der Waals surface area contributed by atoms with Crippen molar-refractivity contribution >= 4 is 23.3 Å². The first kappa shape index (κ1) is 13.8. The Morgan fingerprint density at radius 3 is 3.16 bits per heavy atom. The fraction of sp³-hybridized carbons (Fsp3) is 0.500. The fourth-order valence-corrected chi connectivity index (χ4v) is 2.81. The average molecular weight is 284 g/mol. The van der Waals surface area contributed by atoms with Crippen molar-refractivity contribution < 1.29 is 19.4 Å². The summed E-state index contributed by atoms with van der Waals surface area (Å²) in [6.45, 7) is 1.54. The third-order valence-electron chi connectivity index (χ3n) is 2.84. The summed E-state index contributed by atoms with van der Waals surface area (Å²) in [6.07, 6.45) is 0.899. The van der Waals surface area contributed by atoms with E-state index in [-0.39, 0.29) is 19.2 Å². The maximum atomic E-state index is 11.9. The quantitative estimate of drug-likeness (QED) is 0.788. The molecule has 0 aliphatic carbocycles. The van der Waals surface area contributed by atoms with Crippen molar-refractivity contribution in [1.29, 1.82) is 0 Å². The molecule has 2 heterocycles. The van der Waals surface area contributed by atoms with Crippen LogP contribution < -0.4 is 5.32 Å². The standard InChI is InChI=1S/C12H16N2O4S/c15-11(16)8-18-5-3-13-12(17)14-4-1-10-9(7-14)2-6-19-10/h2,6H,1,3-5,7-8H2,(H,13,17)(H,15,16). The molecule has 0 fully saturated rings. The van der Waals surface area contributed by atoms with E-state index < -0.39 is 5.97 Å². The number of hydrogen-bond donors (Lipinski definition) is 2. The second-order valence-electron chi connectivity index (χ2n) is 4.22. The van der Waals surface area contributed by atoms with Crippen molar-refractivity contribution in [2.24, 2.45) is 0 Å². The van der Waals surface area contributed by atoms with Gasteiger partial charge in [-0.1, -0.05) is 0 Å². The number of fused-ring (bicyclic) bond motifs is 1. The normalized spacial score (nSPS) is 14.0. The van der Waals surface area contributed by atoms with Crippen molar-refractivity contribution in [3.8, 4) is 0 Å². The topological polar surface area (TPSA) is 78.9 Å². The summed E-state index contributed by atoms with van der Waals surface area (Å²) in [5.41, 5.74) is 1.22. The van der Waals surface area contributed by atoms with Gasteiger partial charge >= 0.3 is 12.0 Å². The number of carboxylic acids is 1. The lowest BCUT2D eigenvalue weighted by Crippen LogP contribution is -2.43. The SMILES string of the molecule is O=C(O)COCCNC(=O)N1CCc2sccc2C1. The van der Waals surface area contributed by atoms with Gasteiger partial charge in [0.2, 0.25) is 0 Å². The van der Waals surface area contributed by atoms with Gasteiger partial charge in [-0.15, -0.1) is 11.3 Å². The molecule has 2 rings (SSSR count). The Morgan fingerprint density at radius 1 is 1.53 bits per heavy atom. The van der Waals surface area contributed by atoms with Gasteiger partial charge in [-0.05, 0) is 23.4 Å². The van der Waals surface area contributed by atoms with Crippen LogP contribution in [0.1, 0.15) is 10.4 Å². The number of hydrogen-bond acceptors (Lipinski definition) is 4. The molecule has 0 unspecified atom stereocenters. The van der Waals surface area contributed by atoms with Crippen LogP contribution in [-0.4, -0.2) is 48.3 Å². The number of thiophene rings is 1. The molecule has 0 saturated carbocycles. The molecule has 1 aliphatic heterocycles. The largest absolute Gasteiger partial charge is 0.480 e. The van der Waals surface area contributed by atoms with Crippen LogP contribution in [0, 0.1) is 0 Å². The molecular weight excluding hydrogens is 268 g/mol. The molecule has 0 bridgehead atoms. The summed E-state index contributed by atoms with van der Waals surface area (Å²) >= 11 is 1.73. The molecule has 104 valence electrons. The van der Waals surface area contributed by atoms with Crippen LogP contribution in [-0.2, 0) is 22.5 Å². The van der Waals surface area contributed by atoms with Gasteiger partial charge in [0.15, 0.2) is 0 Å². The summed E-state index contributed by atoms with van der Waals surface area (Å²) in [5, 5.41) is 13.1. The molecule has 0 saturated heterocycles. The van der Waals surface area contributed by atoms with Crippen LogP contribution in [0.3, 0.4) is 0 Å². The third-order valence-corrected chi connectivity index (χ3v) is 3.87. The number of carbonyl (C=O) groups excluding carboxylic acids is 1. The molecule has 1 aromatic heterocycles. The summed E-state index contributed by atoms with van der Waals surface area (Å²) in [7, 11) is 0. The Morgan fingerprint density at radius 2 is 2.37 bits per heavy atom. The monoisotopic (exact) mass is 284 g/mol. The average Bonchev–Trinajstić information content (AvgIpc) is 2.84. The van der Waals surface area contributed by atoms with Crippen molar-refractivity contribution in [3.63, 3.8) is 0 Å². The van der Waals surface area contributed by atoms with Gasteiger partial charge in [-0.2, -0.15) is 0 Å². The van der Waals surface area contributed by atoms with Gasteiger partial charge in [-0.3, -0.25) is 0 Å². The highest BCUT2D eigenvalue weighted by molar-refractivity contribution is 7.10. The maximum Gasteiger partial charge on any atom is 0.329 e. The molecule has 2 N–H and O–H groups in total. The molecule has 6 nitrogen and oxygen atoms in total. The van der Waals surface area contributed by atoms with Gasteiger partial charge in [0, 0.05) is 24.5 Å². The molecule has 19 heavy (non-hydrogen) atoms. The maximum absolute atomic E-state index is 11.9. The second kappa shape index (κ2) is 6.53. The number of nitrogens with zero attached hydrogens (tertiary/aromatic N) is 1. The van der Waals surface area contributed by atoms with E-state index in [4.69, 9.17) is 9.84 Å². The summed E-state index contributed by atoms with van der Waals surface area (Å²) in [4.78, 5) is 25.2. The van der Waals surface area contributed by atoms with Crippen LogP contribution in [0.5, 0.6) is 0 Å². The molecule has 1 aromatic rings. The van der Waals surface area contributed by atoms with Gasteiger partial charge in [0.25, 0.3) is 0 Å². The van der Waals surface area contributed by atoms with E-state index in [0.29, 0.717) is 13.1 Å². The highest BCUT2D eigenvalue weighted by Gasteiger charge is 2.20. The number of aliphatic carboxylic acids is 1. The first-order valence-electron chi connectivity index (χ1n) is 6.04. The van der Waals surface area contributed by atoms with Crippen molar-refractivity contribution in [1.82, 2.24) is 10.2 Å². The summed E-state index contributed by atoms with van der Waals surface area (Å²) in [6, 6.07) is 1.92. The van der Waals surface area contributed by atoms with E-state index in [9.17, 15) is 9.59 Å². The van der Waals surface area contributed by atoms with Gasteiger partial charge in [0.1, 0.15) is 6.61 Å². The Bertz CT molecular complexity index is 460. The molecule has 1 aliphatic rings. The Labute approximate surface area is 115 Å². The number of ether oxygens (including phenoxy) is 1. The van der Waals surface area contributed by atoms with E-state index in [1.165, 1.54) is 10.4 Å². The second-order valence-corrected chi connectivity index (χ2v) is 5.22. The van der Waals surface area contributed by atoms with Crippen LogP contribution >= 0.6 is 11.3 Å². The zero-order chi connectivity index (χ0) is 13.7. The number of carbonyl (C=O) groups is 2. The van der Waals surface area contributed by atoms with Crippen molar-refractivity contribution in [3.05, 3.63) is 21.9 Å². The van der Waals surface area contributed by atoms with Gasteiger partial charge < -0.3 is 20.1 Å². The van der Waals surface area contributed by atoms with E-state index in [0.717, 1.165) is 13.0 Å². The van der Waals surface area contributed by atoms with E-state index in [2.05, 4.69) is 11.4 Å². The molecule has 2 amide bonds. The minimum Gasteiger partial charge on any atom is -0.480 e. The lowest BCUT2D eigenvalue weighted by Gasteiger charge is -2.27. The summed E-state index contributed by atoms with van der Waals surface area (Å²) < 4.78 is 4.85. The smallest absolute Gasteiger partial charge is 0.329 e. The molecular formula is C12H16N2O4S. The lowest BCUT2D eigenvalue weighted by atomic mass is 10.1. The Kier molecular flexibility index (Phi) is 4.75. The predicted molar refractivity (Wildman–Crippen MR) is 70.3 cm³/mol. The van der Waals surface area contributed by atoms with E-state index >= 15 is 0 Å². The van der Waals surface area contributed by atoms with Crippen LogP contribution in [0.4, 0.5) is 4.79 Å². The molecule has 7 heteroatoms. The number of urea groups is 1. The van der Waals surface area contributed by atoms with Gasteiger partial charge in [-0.25, -0.2) is 9.59 Å². The summed E-state index contributed by atoms with van der Waals surface area (Å²) in [5.74, 6) is -1.01. The number of rotatable bonds is 5. The molecule has 0 atom stereocenters. The van der Waals surface area contributed by atoms with Crippen LogP contribution in [0.15, 0.2) is 11.4 Å². The van der Waals surface area contributed by atoms with E-state index in [1.54, 1.807) is 16.2 Å². The molecule has 0 radical (unpaired) electrons. The minimum atomic E-state index is -1.01. The Hall–Kier alpha value is -1.60. The zero-order valence-electron chi connectivity index (χ0n) is 10.4. The van der Waals surface area contributed by atoms with Crippen molar-refractivity contribution in [2.45, 2.75) is 13.0 Å². The third kappa shape index (κ3) is 3.93. The predicted octanol–water partition coefficient (Wildman–Crippen LogP) is 0.917. The zero-order valence-corrected chi connectivity index (χ0v) is 11.2. The fourth-order valence-electron chi connectivity index (χ4n) is 1.92. The minimum absolute atomic E-state index is 0.129. The number of nitrogens with one attached hydrogen (secondary N) is 1. The van der Waals surface area contributed by atoms with Gasteiger partial charge in [0.05, 0.1) is 6.61 Å². The highest BCUT2D eigenvalue weighted by Crippen LogP contribution is 2.23. The van der Waals surface area contributed by atoms with E-state index in [1.807, 2.05) is 5.38 Å². The van der Waals surface area contributed by atoms with Crippen molar-refractivity contribution in [2.75, 3.05) is 26.3 Å². The number of carboxylic acid groups (broad SMARTS) is 1. The van der Waals surface area contributed by atoms with Crippen LogP contribution in [0.25, 0.3) is 0 Å². The Balaban J connectivity index is 1.68. The molecule has 0 aromatic carbocycles. The highest BCUT2D eigenvalue weighted by atomic mass is 32.1. The molecule has 0 spiro atoms. The number of amides is 2. The first-order valence-corrected chi connectivity index (χ1v) is 6.92. The first-order chi connectivity index (χ1) is 9.16. The van der Waals surface area contributed by atoms with Crippen LogP contribution in [0.2, 0.25) is 0 Å². The lowest BCUT2D eigenvalue weighted by molar-refractivity contribution is -0.142.